The number of phosphoric acid groups is 3. The maximum absolute atomic E-state index is 13.5. The van der Waals surface area contributed by atoms with Crippen molar-refractivity contribution in [3.8, 4) is 0 Å². The minimum Gasteiger partial charge on any atom is -0.466 e. The third kappa shape index (κ3) is 9.81. The van der Waals surface area contributed by atoms with Crippen LogP contribution in [0.15, 0.2) is 60.3 Å². The van der Waals surface area contributed by atoms with E-state index in [1.54, 1.807) is 13.0 Å². The molecule has 298 valence electrons. The van der Waals surface area contributed by atoms with Crippen LogP contribution in [0.3, 0.4) is 0 Å². The summed E-state index contributed by atoms with van der Waals surface area (Å²) < 4.78 is 91.6. The smallest absolute Gasteiger partial charge is 0.466 e. The fraction of sp³-hybridized carbons (Fsp3) is 0.516. The Balaban J connectivity index is 1.18. The Labute approximate surface area is 310 Å². The number of hydrogen-bond donors (Lipinski definition) is 5. The minimum absolute atomic E-state index is 0.0747. The van der Waals surface area contributed by atoms with Crippen LogP contribution in [0.1, 0.15) is 58.9 Å². The summed E-state index contributed by atoms with van der Waals surface area (Å²) in [6.45, 7) is 4.23. The maximum atomic E-state index is 13.5. The summed E-state index contributed by atoms with van der Waals surface area (Å²) in [7, 11) is -22.3. The van der Waals surface area contributed by atoms with Gasteiger partial charge < -0.3 is 38.5 Å². The second kappa shape index (κ2) is 15.6. The van der Waals surface area contributed by atoms with Crippen LogP contribution in [-0.4, -0.2) is 73.4 Å². The normalized spacial score (nSPS) is 29.7. The number of urea groups is 1. The molecule has 2 amide bonds. The van der Waals surface area contributed by atoms with Gasteiger partial charge in [0.05, 0.1) is 17.9 Å². The number of carbonyl (C=O) groups is 1. The van der Waals surface area contributed by atoms with Gasteiger partial charge in [-0.3, -0.25) is 19.3 Å². The van der Waals surface area contributed by atoms with Crippen molar-refractivity contribution in [2.45, 2.75) is 89.7 Å². The van der Waals surface area contributed by atoms with E-state index in [-0.39, 0.29) is 5.92 Å². The van der Waals surface area contributed by atoms with Gasteiger partial charge in [-0.25, -0.2) is 22.8 Å². The highest BCUT2D eigenvalue weighted by Gasteiger charge is 2.49. The molecule has 4 aliphatic rings. The number of hydrogen-bond acceptors (Lipinski definition) is 13. The topological polar surface area (TPSA) is 255 Å². The third-order valence-electron chi connectivity index (χ3n) is 8.96. The zero-order valence-corrected chi connectivity index (χ0v) is 33.1. The Kier molecular flexibility index (Phi) is 11.9. The van der Waals surface area contributed by atoms with Gasteiger partial charge in [0.2, 0.25) is 6.23 Å². The van der Waals surface area contributed by atoms with Crippen molar-refractivity contribution in [2.24, 2.45) is 5.92 Å². The van der Waals surface area contributed by atoms with Crippen molar-refractivity contribution in [1.29, 1.82) is 0 Å². The number of ether oxygens (including phenoxy) is 4. The van der Waals surface area contributed by atoms with E-state index in [9.17, 15) is 42.6 Å². The zero-order chi connectivity index (χ0) is 39.3. The molecule has 3 aliphatic heterocycles. The Morgan fingerprint density at radius 3 is 2.20 bits per heavy atom. The molecule has 1 saturated carbocycles. The number of phosphoric ester groups is 1. The maximum Gasteiger partial charge on any atom is 0.490 e. The summed E-state index contributed by atoms with van der Waals surface area (Å²) >= 11 is 0. The van der Waals surface area contributed by atoms with Crippen molar-refractivity contribution >= 4 is 53.6 Å². The number of carbonyl (C=O) groups excluding carboxylic acids is 1. The molecule has 1 saturated heterocycles. The number of nitrogens with zero attached hydrogens (tertiary/aromatic N) is 1. The highest BCUT2D eigenvalue weighted by molar-refractivity contribution is 7.71. The first-order chi connectivity index (χ1) is 25.1. The van der Waals surface area contributed by atoms with Gasteiger partial charge in [-0.1, -0.05) is 49.2 Å². The molecule has 2 fully saturated rings. The van der Waals surface area contributed by atoms with E-state index in [0.29, 0.717) is 11.3 Å². The molecule has 2 aromatic carbocycles. The molecule has 19 nitrogen and oxygen atoms in total. The second-order valence-electron chi connectivity index (χ2n) is 14.1. The summed E-state index contributed by atoms with van der Waals surface area (Å²) in [5, 5.41) is 3.19. The Morgan fingerprint density at radius 2 is 1.52 bits per heavy atom. The average Bonchev–Trinajstić information content (AvgIpc) is 3.70. The van der Waals surface area contributed by atoms with E-state index in [0.717, 1.165) is 46.9 Å². The first-order valence-corrected chi connectivity index (χ1v) is 22.9. The fourth-order valence-electron chi connectivity index (χ4n) is 5.97. The van der Waals surface area contributed by atoms with Crippen LogP contribution in [0.4, 0.5) is 4.79 Å². The van der Waals surface area contributed by atoms with Crippen LogP contribution in [0.2, 0.25) is 0 Å². The van der Waals surface area contributed by atoms with Crippen LogP contribution >= 0.6 is 31.1 Å². The Hall–Kier alpha value is -2.27. The van der Waals surface area contributed by atoms with Gasteiger partial charge in [0, 0.05) is 23.3 Å². The lowest BCUT2D eigenvalue weighted by Crippen LogP contribution is -2.53. The molecule has 0 bridgehead atoms. The summed E-state index contributed by atoms with van der Waals surface area (Å²) in [6, 6.07) is 13.0. The monoisotopic (exact) mass is 838 g/mol. The standard InChI is InChI=1S/C31H42N2O17P4/c1-19-26(18-43-52(37,38)49-54(41,42)50-53(39,40)48-51(35,36)31(2,3)4)46-30(47-28(44-19)21-10-6-7-11-21)33-17-24-16-25(45-27(24)32-29(33)34)23-14-13-20-9-5-8-12-22(20)15-23/h5,8-9,12-17,19,21,26-28,30H,6-7,10-11,18H2,1-4H3,(H,32,34)(H,35,36)(H,37,38)(H,39,40)(H,41,42)/t19-,26-,27?,28?,30?/m1/s1. The SMILES string of the molecule is C[C@H]1OC(C2CCCC2)OC(N2C=C3C=C(c4ccc5ccccc5c4)OC3NC2=O)O[C@@H]1COP(=O)(O)OP(=O)(O)OP(=O)(O)OP(=O)(O)C(C)(C)C. The van der Waals surface area contributed by atoms with Crippen molar-refractivity contribution in [3.63, 3.8) is 0 Å². The Morgan fingerprint density at radius 1 is 0.870 bits per heavy atom. The molecule has 0 aromatic heterocycles. The third-order valence-corrected chi connectivity index (χ3v) is 16.1. The molecule has 5 N–H and O–H groups in total. The first kappa shape index (κ1) is 41.4. The lowest BCUT2D eigenvalue weighted by atomic mass is 10.1. The highest BCUT2D eigenvalue weighted by atomic mass is 31.3. The van der Waals surface area contributed by atoms with Crippen LogP contribution in [0, 0.1) is 5.92 Å². The van der Waals surface area contributed by atoms with Crippen molar-refractivity contribution < 1.29 is 79.0 Å². The second-order valence-corrected chi connectivity index (χ2v) is 21.5. The van der Waals surface area contributed by atoms with Crippen LogP contribution in [0.25, 0.3) is 16.5 Å². The number of fused-ring (bicyclic) bond motifs is 2. The summed E-state index contributed by atoms with van der Waals surface area (Å²) in [5.41, 5.74) is 1.35. The quantitative estimate of drug-likeness (QED) is 0.145. The molecule has 2 aromatic rings. The van der Waals surface area contributed by atoms with Gasteiger partial charge in [0.25, 0.3) is 6.41 Å². The lowest BCUT2D eigenvalue weighted by Gasteiger charge is -2.35. The minimum atomic E-state index is -5.98. The summed E-state index contributed by atoms with van der Waals surface area (Å²) in [4.78, 5) is 54.7. The molecule has 3 heterocycles. The zero-order valence-electron chi connectivity index (χ0n) is 29.5. The summed E-state index contributed by atoms with van der Waals surface area (Å²) in [5.74, 6) is 0.441. The molecule has 23 heteroatoms. The van der Waals surface area contributed by atoms with Crippen LogP contribution in [-0.2, 0) is 54.7 Å². The molecule has 1 aliphatic carbocycles. The van der Waals surface area contributed by atoms with Crippen LogP contribution < -0.4 is 5.32 Å². The first-order valence-electron chi connectivity index (χ1n) is 16.8. The van der Waals surface area contributed by atoms with Gasteiger partial charge in [0.1, 0.15) is 11.9 Å². The van der Waals surface area contributed by atoms with Gasteiger partial charge in [-0.05, 0) is 63.5 Å². The van der Waals surface area contributed by atoms with Gasteiger partial charge in [-0.15, -0.1) is 0 Å². The Bertz CT molecular complexity index is 2010. The van der Waals surface area contributed by atoms with Crippen molar-refractivity contribution in [1.82, 2.24) is 10.2 Å². The van der Waals surface area contributed by atoms with Gasteiger partial charge >= 0.3 is 37.1 Å². The van der Waals surface area contributed by atoms with E-state index in [1.165, 1.54) is 27.0 Å². The lowest BCUT2D eigenvalue weighted by molar-refractivity contribution is -0.265. The molecule has 7 unspecified atom stereocenters. The number of nitrogens with one attached hydrogen (secondary N) is 1. The van der Waals surface area contributed by atoms with Gasteiger partial charge in [-0.2, -0.15) is 8.62 Å². The average molecular weight is 839 g/mol. The molecule has 6 rings (SSSR count). The number of amides is 2. The van der Waals surface area contributed by atoms with E-state index >= 15 is 0 Å². The fourth-order valence-corrected chi connectivity index (χ4v) is 11.5. The molecular weight excluding hydrogens is 796 g/mol. The van der Waals surface area contributed by atoms with E-state index in [2.05, 4.69) is 18.2 Å². The summed E-state index contributed by atoms with van der Waals surface area (Å²) in [6.07, 6.45) is 1.26. The van der Waals surface area contributed by atoms with Crippen molar-refractivity contribution in [3.05, 3.63) is 65.9 Å². The predicted molar refractivity (Wildman–Crippen MR) is 190 cm³/mol. The number of benzene rings is 2. The molecule has 0 spiro atoms. The van der Waals surface area contributed by atoms with Crippen molar-refractivity contribution in [2.75, 3.05) is 6.61 Å². The molecule has 0 radical (unpaired) electrons. The van der Waals surface area contributed by atoms with E-state index in [1.807, 2.05) is 42.5 Å². The molecule has 54 heavy (non-hydrogen) atoms. The largest absolute Gasteiger partial charge is 0.490 e. The van der Waals surface area contributed by atoms with Crippen LogP contribution in [0.5, 0.6) is 0 Å². The van der Waals surface area contributed by atoms with E-state index < -0.39 is 80.0 Å². The molecular formula is C31H42N2O17P4. The molecule has 9 atom stereocenters. The highest BCUT2D eigenvalue weighted by Crippen LogP contribution is 2.73. The van der Waals surface area contributed by atoms with E-state index in [4.69, 9.17) is 23.5 Å². The van der Waals surface area contributed by atoms with Gasteiger partial charge in [0.15, 0.2) is 6.29 Å². The predicted octanol–water partition coefficient (Wildman–Crippen LogP) is 6.42. The number of rotatable bonds is 12.